The molecule has 1 aromatic carbocycles. The van der Waals surface area contributed by atoms with Crippen LogP contribution < -0.4 is 0 Å². The van der Waals surface area contributed by atoms with Gasteiger partial charge >= 0.3 is 0 Å². The molecule has 0 amide bonds. The molecule has 1 nitrogen and oxygen atoms in total. The summed E-state index contributed by atoms with van der Waals surface area (Å²) in [4.78, 5) is 0. The van der Waals surface area contributed by atoms with E-state index in [1.165, 1.54) is 62.1 Å². The van der Waals surface area contributed by atoms with Gasteiger partial charge in [-0.3, -0.25) is 0 Å². The van der Waals surface area contributed by atoms with Gasteiger partial charge in [-0.1, -0.05) is 37.6 Å². The van der Waals surface area contributed by atoms with Gasteiger partial charge in [-0.2, -0.15) is 9.65 Å². The predicted molar refractivity (Wildman–Crippen MR) is 93.8 cm³/mol. The standard InChI is InChI=1S/C21H28FN/c1-2-3-5-17-8-12-19(13-9-17)20-14-10-18(11-15-20)6-4-7-21(22)16-23/h7-9,12-13,18,20H,2-6,10-11,14-15H2,1H3/t18-,20-. The third-order valence-electron chi connectivity index (χ3n) is 5.12. The molecule has 0 N–H and O–H groups in total. The van der Waals surface area contributed by atoms with E-state index in [4.69, 9.17) is 5.26 Å². The summed E-state index contributed by atoms with van der Waals surface area (Å²) in [5.41, 5.74) is 2.94. The first-order valence-corrected chi connectivity index (χ1v) is 9.07. The molecule has 1 aliphatic carbocycles. The summed E-state index contributed by atoms with van der Waals surface area (Å²) in [5.74, 6) is 0.748. The van der Waals surface area contributed by atoms with E-state index in [2.05, 4.69) is 31.2 Å². The van der Waals surface area contributed by atoms with E-state index in [9.17, 15) is 4.39 Å². The fourth-order valence-corrected chi connectivity index (χ4v) is 3.61. The van der Waals surface area contributed by atoms with E-state index in [1.807, 2.05) is 0 Å². The minimum atomic E-state index is -0.637. The second-order valence-electron chi connectivity index (χ2n) is 6.80. The van der Waals surface area contributed by atoms with E-state index < -0.39 is 5.83 Å². The molecular weight excluding hydrogens is 285 g/mol. The minimum Gasteiger partial charge on any atom is -0.195 e. The number of aryl methyl sites for hydroxylation is 1. The summed E-state index contributed by atoms with van der Waals surface area (Å²) in [7, 11) is 0. The van der Waals surface area contributed by atoms with Crippen molar-refractivity contribution in [1.29, 1.82) is 5.26 Å². The van der Waals surface area contributed by atoms with Crippen LogP contribution in [0.2, 0.25) is 0 Å². The summed E-state index contributed by atoms with van der Waals surface area (Å²) in [6.45, 7) is 2.23. The third-order valence-corrected chi connectivity index (χ3v) is 5.12. The van der Waals surface area contributed by atoms with Crippen LogP contribution in [0.25, 0.3) is 0 Å². The first-order chi connectivity index (χ1) is 11.2. The number of unbranched alkanes of at least 4 members (excludes halogenated alkanes) is 1. The molecule has 1 saturated carbocycles. The molecule has 0 saturated heterocycles. The fraction of sp³-hybridized carbons (Fsp3) is 0.571. The fourth-order valence-electron chi connectivity index (χ4n) is 3.61. The molecule has 2 rings (SSSR count). The summed E-state index contributed by atoms with van der Waals surface area (Å²) < 4.78 is 12.8. The summed E-state index contributed by atoms with van der Waals surface area (Å²) in [6, 6.07) is 10.8. The molecule has 0 unspecified atom stereocenters. The Morgan fingerprint density at radius 3 is 2.52 bits per heavy atom. The highest BCUT2D eigenvalue weighted by atomic mass is 19.1. The van der Waals surface area contributed by atoms with E-state index >= 15 is 0 Å². The zero-order valence-electron chi connectivity index (χ0n) is 14.2. The number of halogens is 1. The molecule has 1 aromatic rings. The minimum absolute atomic E-state index is 0.637. The molecular formula is C21H28FN. The number of nitrogens with zero attached hydrogens (tertiary/aromatic N) is 1. The van der Waals surface area contributed by atoms with Crippen LogP contribution in [0, 0.1) is 17.2 Å². The van der Waals surface area contributed by atoms with Gasteiger partial charge in [0.15, 0.2) is 5.83 Å². The Kier molecular flexibility index (Phi) is 7.33. The van der Waals surface area contributed by atoms with Crippen LogP contribution in [0.15, 0.2) is 36.2 Å². The van der Waals surface area contributed by atoms with Gasteiger partial charge < -0.3 is 0 Å². The molecule has 0 spiro atoms. The van der Waals surface area contributed by atoms with Gasteiger partial charge in [-0.25, -0.2) is 0 Å². The van der Waals surface area contributed by atoms with E-state index in [0.717, 1.165) is 6.42 Å². The van der Waals surface area contributed by atoms with Gasteiger partial charge in [0.2, 0.25) is 0 Å². The van der Waals surface area contributed by atoms with E-state index in [1.54, 1.807) is 6.07 Å². The number of hydrogen-bond acceptors (Lipinski definition) is 1. The highest BCUT2D eigenvalue weighted by Gasteiger charge is 2.21. The topological polar surface area (TPSA) is 23.8 Å². The average Bonchev–Trinajstić information content (AvgIpc) is 2.61. The van der Waals surface area contributed by atoms with Crippen molar-refractivity contribution in [2.45, 2.75) is 70.6 Å². The largest absolute Gasteiger partial charge is 0.196 e. The first-order valence-electron chi connectivity index (χ1n) is 9.07. The van der Waals surface area contributed by atoms with Crippen LogP contribution in [0.3, 0.4) is 0 Å². The zero-order valence-corrected chi connectivity index (χ0v) is 14.2. The van der Waals surface area contributed by atoms with Crippen molar-refractivity contribution in [1.82, 2.24) is 0 Å². The highest BCUT2D eigenvalue weighted by Crippen LogP contribution is 2.37. The monoisotopic (exact) mass is 313 g/mol. The Labute approximate surface area is 140 Å². The van der Waals surface area contributed by atoms with Gasteiger partial charge in [0.05, 0.1) is 0 Å². The molecule has 1 fully saturated rings. The van der Waals surface area contributed by atoms with Crippen molar-refractivity contribution >= 4 is 0 Å². The molecule has 0 bridgehead atoms. The Bertz CT molecular complexity index is 530. The number of hydrogen-bond donors (Lipinski definition) is 0. The second-order valence-corrected chi connectivity index (χ2v) is 6.80. The normalized spacial score (nSPS) is 21.9. The Morgan fingerprint density at radius 1 is 1.22 bits per heavy atom. The molecule has 23 heavy (non-hydrogen) atoms. The lowest BCUT2D eigenvalue weighted by Gasteiger charge is -2.28. The molecule has 2 heteroatoms. The van der Waals surface area contributed by atoms with Crippen molar-refractivity contribution in [2.75, 3.05) is 0 Å². The SMILES string of the molecule is CCCCc1ccc([C@H]2CC[C@H](CCC=C(F)C#N)CC2)cc1. The van der Waals surface area contributed by atoms with Crippen molar-refractivity contribution in [3.8, 4) is 6.07 Å². The Hall–Kier alpha value is -1.62. The van der Waals surface area contributed by atoms with Crippen LogP contribution in [0.1, 0.15) is 75.3 Å². The molecule has 0 aliphatic heterocycles. The second kappa shape index (κ2) is 9.50. The van der Waals surface area contributed by atoms with Gasteiger partial charge in [0, 0.05) is 0 Å². The van der Waals surface area contributed by atoms with Crippen LogP contribution in [0.4, 0.5) is 4.39 Å². The van der Waals surface area contributed by atoms with E-state index in [0.29, 0.717) is 18.3 Å². The lowest BCUT2D eigenvalue weighted by Crippen LogP contribution is -2.13. The Balaban J connectivity index is 1.77. The summed E-state index contributed by atoms with van der Waals surface area (Å²) in [6.07, 6.45) is 11.8. The van der Waals surface area contributed by atoms with Gasteiger partial charge in [-0.05, 0) is 80.4 Å². The number of rotatable bonds is 7. The van der Waals surface area contributed by atoms with Gasteiger partial charge in [0.25, 0.3) is 0 Å². The lowest BCUT2D eigenvalue weighted by molar-refractivity contribution is 0.311. The maximum atomic E-state index is 12.8. The number of allylic oxidation sites excluding steroid dienone is 2. The van der Waals surface area contributed by atoms with Crippen LogP contribution in [-0.4, -0.2) is 0 Å². The third kappa shape index (κ3) is 5.82. The average molecular weight is 313 g/mol. The maximum Gasteiger partial charge on any atom is 0.196 e. The maximum absolute atomic E-state index is 12.8. The lowest BCUT2D eigenvalue weighted by atomic mass is 9.77. The number of benzene rings is 1. The van der Waals surface area contributed by atoms with Crippen molar-refractivity contribution < 1.29 is 4.39 Å². The molecule has 1 aliphatic rings. The summed E-state index contributed by atoms with van der Waals surface area (Å²) in [5, 5.41) is 8.41. The van der Waals surface area contributed by atoms with E-state index in [-0.39, 0.29) is 0 Å². The van der Waals surface area contributed by atoms with Crippen LogP contribution in [0.5, 0.6) is 0 Å². The molecule has 0 atom stereocenters. The van der Waals surface area contributed by atoms with Crippen molar-refractivity contribution in [3.63, 3.8) is 0 Å². The zero-order chi connectivity index (χ0) is 16.5. The number of nitriles is 1. The Morgan fingerprint density at radius 2 is 1.91 bits per heavy atom. The highest BCUT2D eigenvalue weighted by molar-refractivity contribution is 5.26. The molecule has 124 valence electrons. The van der Waals surface area contributed by atoms with Crippen LogP contribution >= 0.6 is 0 Å². The van der Waals surface area contributed by atoms with Gasteiger partial charge in [0.1, 0.15) is 6.07 Å². The van der Waals surface area contributed by atoms with Gasteiger partial charge in [-0.15, -0.1) is 0 Å². The molecule has 0 radical (unpaired) electrons. The predicted octanol–water partition coefficient (Wildman–Crippen LogP) is 6.46. The molecule has 0 aromatic heterocycles. The quantitative estimate of drug-likeness (QED) is 0.530. The first kappa shape index (κ1) is 17.7. The molecule has 0 heterocycles. The van der Waals surface area contributed by atoms with Crippen LogP contribution in [-0.2, 0) is 6.42 Å². The summed E-state index contributed by atoms with van der Waals surface area (Å²) >= 11 is 0. The van der Waals surface area contributed by atoms with Crippen molar-refractivity contribution in [2.24, 2.45) is 5.92 Å². The smallest absolute Gasteiger partial charge is 0.195 e. The van der Waals surface area contributed by atoms with Crippen molar-refractivity contribution in [3.05, 3.63) is 47.3 Å².